The lowest BCUT2D eigenvalue weighted by atomic mass is 10.1. The zero-order valence-electron chi connectivity index (χ0n) is 15.7. The highest BCUT2D eigenvalue weighted by atomic mass is 15.3. The highest BCUT2D eigenvalue weighted by molar-refractivity contribution is 5.77. The first-order chi connectivity index (χ1) is 13.2. The minimum absolute atomic E-state index is 0.489. The Kier molecular flexibility index (Phi) is 6.57. The first-order valence-corrected chi connectivity index (χ1v) is 9.26. The third kappa shape index (κ3) is 5.67. The number of aryl methyl sites for hydroxylation is 2. The molecule has 0 atom stereocenters. The van der Waals surface area contributed by atoms with Crippen molar-refractivity contribution in [1.82, 2.24) is 20.1 Å². The van der Waals surface area contributed by atoms with Crippen molar-refractivity contribution in [2.75, 3.05) is 13.1 Å². The first kappa shape index (κ1) is 18.6. The van der Waals surface area contributed by atoms with Crippen molar-refractivity contribution in [2.24, 2.45) is 10.7 Å². The number of aliphatic imine (C=N–C) groups is 1. The Balaban J connectivity index is 1.41. The molecule has 0 bridgehead atoms. The fourth-order valence-electron chi connectivity index (χ4n) is 2.84. The Morgan fingerprint density at radius 2 is 1.93 bits per heavy atom. The molecule has 6 heteroatoms. The number of pyridine rings is 1. The van der Waals surface area contributed by atoms with Gasteiger partial charge in [-0.2, -0.15) is 5.10 Å². The fourth-order valence-corrected chi connectivity index (χ4v) is 2.84. The maximum Gasteiger partial charge on any atom is 0.188 e. The molecule has 2 heterocycles. The minimum atomic E-state index is 0.489. The molecule has 3 rings (SSSR count). The Bertz CT molecular complexity index is 855. The summed E-state index contributed by atoms with van der Waals surface area (Å²) in [5.74, 6) is 0.489. The summed E-state index contributed by atoms with van der Waals surface area (Å²) in [6.07, 6.45) is 6.60. The lowest BCUT2D eigenvalue weighted by Crippen LogP contribution is -2.33. The van der Waals surface area contributed by atoms with Crippen LogP contribution in [0.4, 0.5) is 0 Å². The van der Waals surface area contributed by atoms with Gasteiger partial charge in [-0.3, -0.25) is 9.98 Å². The molecule has 2 aromatic heterocycles. The predicted octanol–water partition coefficient (Wildman–Crippen LogP) is 2.66. The summed E-state index contributed by atoms with van der Waals surface area (Å²) in [5.41, 5.74) is 10.4. The second-order valence-corrected chi connectivity index (χ2v) is 6.39. The van der Waals surface area contributed by atoms with E-state index in [4.69, 9.17) is 5.73 Å². The van der Waals surface area contributed by atoms with Crippen LogP contribution in [0.15, 0.2) is 65.9 Å². The Hall–Kier alpha value is -3.15. The van der Waals surface area contributed by atoms with Crippen molar-refractivity contribution in [3.63, 3.8) is 0 Å². The first-order valence-electron chi connectivity index (χ1n) is 9.26. The van der Waals surface area contributed by atoms with Gasteiger partial charge in [-0.1, -0.05) is 24.3 Å². The standard InChI is InChI=1S/C21H26N6/c1-17-18(16-27(26-17)20-10-3-2-4-11-20)8-7-14-24-21(22)25-15-12-19-9-5-6-13-23-19/h2-6,9-11,13,16H,7-8,12,14-15H2,1H3,(H3,22,24,25). The van der Waals surface area contributed by atoms with E-state index in [2.05, 4.69) is 38.7 Å². The molecule has 140 valence electrons. The number of aromatic nitrogens is 3. The van der Waals surface area contributed by atoms with Crippen LogP contribution in [0, 0.1) is 6.92 Å². The molecule has 0 saturated carbocycles. The van der Waals surface area contributed by atoms with E-state index in [1.807, 2.05) is 48.0 Å². The van der Waals surface area contributed by atoms with E-state index in [-0.39, 0.29) is 0 Å². The van der Waals surface area contributed by atoms with Gasteiger partial charge < -0.3 is 11.1 Å². The molecule has 0 aliphatic rings. The Morgan fingerprint density at radius 1 is 1.11 bits per heavy atom. The smallest absolute Gasteiger partial charge is 0.188 e. The van der Waals surface area contributed by atoms with E-state index in [9.17, 15) is 0 Å². The van der Waals surface area contributed by atoms with Crippen LogP contribution in [0.25, 0.3) is 5.69 Å². The summed E-state index contributed by atoms with van der Waals surface area (Å²) in [4.78, 5) is 8.69. The second-order valence-electron chi connectivity index (χ2n) is 6.39. The number of guanidine groups is 1. The van der Waals surface area contributed by atoms with Crippen molar-refractivity contribution in [1.29, 1.82) is 0 Å². The number of hydrogen-bond acceptors (Lipinski definition) is 3. The van der Waals surface area contributed by atoms with Crippen LogP contribution < -0.4 is 11.1 Å². The molecule has 3 N–H and O–H groups in total. The zero-order valence-corrected chi connectivity index (χ0v) is 15.7. The number of rotatable bonds is 8. The van der Waals surface area contributed by atoms with Gasteiger partial charge in [-0.05, 0) is 49.6 Å². The summed E-state index contributed by atoms with van der Waals surface area (Å²) in [5, 5.41) is 7.74. The predicted molar refractivity (Wildman–Crippen MR) is 109 cm³/mol. The van der Waals surface area contributed by atoms with E-state index in [1.54, 1.807) is 6.20 Å². The molecule has 27 heavy (non-hydrogen) atoms. The molecule has 1 aromatic carbocycles. The monoisotopic (exact) mass is 362 g/mol. The third-order valence-electron chi connectivity index (χ3n) is 4.32. The lowest BCUT2D eigenvalue weighted by molar-refractivity contribution is 0.799. The normalized spacial score (nSPS) is 11.5. The van der Waals surface area contributed by atoms with Gasteiger partial charge in [0.25, 0.3) is 0 Å². The van der Waals surface area contributed by atoms with Gasteiger partial charge in [0.2, 0.25) is 0 Å². The lowest BCUT2D eigenvalue weighted by Gasteiger charge is -2.05. The number of benzene rings is 1. The average Bonchev–Trinajstić information content (AvgIpc) is 3.07. The summed E-state index contributed by atoms with van der Waals surface area (Å²) < 4.78 is 1.93. The molecule has 0 saturated heterocycles. The van der Waals surface area contributed by atoms with E-state index >= 15 is 0 Å². The molecule has 0 unspecified atom stereocenters. The van der Waals surface area contributed by atoms with Crippen LogP contribution in [0.2, 0.25) is 0 Å². The fraction of sp³-hybridized carbons (Fsp3) is 0.286. The van der Waals surface area contributed by atoms with Crippen LogP contribution >= 0.6 is 0 Å². The zero-order chi connectivity index (χ0) is 18.9. The number of nitrogens with zero attached hydrogens (tertiary/aromatic N) is 4. The average molecular weight is 362 g/mol. The molecule has 0 aliphatic carbocycles. The molecular formula is C21H26N6. The van der Waals surface area contributed by atoms with E-state index in [0.717, 1.165) is 42.9 Å². The summed E-state index contributed by atoms with van der Waals surface area (Å²) in [6.45, 7) is 3.47. The highest BCUT2D eigenvalue weighted by Gasteiger charge is 2.06. The Labute approximate surface area is 160 Å². The molecule has 0 aliphatic heterocycles. The quantitative estimate of drug-likeness (QED) is 0.367. The molecule has 6 nitrogen and oxygen atoms in total. The maximum atomic E-state index is 5.93. The number of hydrogen-bond donors (Lipinski definition) is 2. The molecule has 3 aromatic rings. The van der Waals surface area contributed by atoms with Gasteiger partial charge in [0, 0.05) is 37.6 Å². The van der Waals surface area contributed by atoms with Crippen molar-refractivity contribution >= 4 is 5.96 Å². The third-order valence-corrected chi connectivity index (χ3v) is 4.32. The maximum absolute atomic E-state index is 5.93. The summed E-state index contributed by atoms with van der Waals surface area (Å²) in [6, 6.07) is 16.1. The van der Waals surface area contributed by atoms with Gasteiger partial charge in [0.1, 0.15) is 0 Å². The van der Waals surface area contributed by atoms with Crippen molar-refractivity contribution in [3.8, 4) is 5.69 Å². The van der Waals surface area contributed by atoms with Gasteiger partial charge >= 0.3 is 0 Å². The minimum Gasteiger partial charge on any atom is -0.370 e. The van der Waals surface area contributed by atoms with Gasteiger partial charge in [0.05, 0.1) is 11.4 Å². The number of para-hydroxylation sites is 1. The van der Waals surface area contributed by atoms with Gasteiger partial charge in [0.15, 0.2) is 5.96 Å². The molecule has 0 radical (unpaired) electrons. The topological polar surface area (TPSA) is 81.1 Å². The van der Waals surface area contributed by atoms with Crippen LogP contribution in [0.5, 0.6) is 0 Å². The molecule has 0 spiro atoms. The summed E-state index contributed by atoms with van der Waals surface area (Å²) in [7, 11) is 0. The van der Waals surface area contributed by atoms with Crippen LogP contribution in [-0.2, 0) is 12.8 Å². The Morgan fingerprint density at radius 3 is 2.70 bits per heavy atom. The van der Waals surface area contributed by atoms with Gasteiger partial charge in [-0.25, -0.2) is 4.68 Å². The molecule has 0 fully saturated rings. The van der Waals surface area contributed by atoms with Gasteiger partial charge in [-0.15, -0.1) is 0 Å². The molecular weight excluding hydrogens is 336 g/mol. The van der Waals surface area contributed by atoms with E-state index in [0.29, 0.717) is 12.5 Å². The molecule has 0 amide bonds. The van der Waals surface area contributed by atoms with Crippen molar-refractivity contribution in [3.05, 3.63) is 77.9 Å². The number of nitrogens with one attached hydrogen (secondary N) is 1. The number of nitrogens with two attached hydrogens (primary N) is 1. The summed E-state index contributed by atoms with van der Waals surface area (Å²) >= 11 is 0. The highest BCUT2D eigenvalue weighted by Crippen LogP contribution is 2.13. The van der Waals surface area contributed by atoms with Crippen LogP contribution in [-0.4, -0.2) is 33.8 Å². The SMILES string of the molecule is Cc1nn(-c2ccccc2)cc1CCCN=C(N)NCCc1ccccn1. The van der Waals surface area contributed by atoms with Crippen LogP contribution in [0.1, 0.15) is 23.4 Å². The van der Waals surface area contributed by atoms with Crippen LogP contribution in [0.3, 0.4) is 0 Å². The largest absolute Gasteiger partial charge is 0.370 e. The van der Waals surface area contributed by atoms with Crippen molar-refractivity contribution < 1.29 is 0 Å². The van der Waals surface area contributed by atoms with E-state index in [1.165, 1.54) is 5.56 Å². The second kappa shape index (κ2) is 9.52. The van der Waals surface area contributed by atoms with E-state index < -0.39 is 0 Å². The van der Waals surface area contributed by atoms with Crippen molar-refractivity contribution in [2.45, 2.75) is 26.2 Å².